The fourth-order valence-electron chi connectivity index (χ4n) is 5.45. The van der Waals surface area contributed by atoms with Crippen LogP contribution in [0.2, 0.25) is 0 Å². The van der Waals surface area contributed by atoms with E-state index in [2.05, 4.69) is 44.7 Å². The van der Waals surface area contributed by atoms with E-state index in [0.717, 1.165) is 55.0 Å². The average molecular weight is 481 g/mol. The van der Waals surface area contributed by atoms with Crippen molar-refractivity contribution in [3.8, 4) is 11.4 Å². The molecule has 1 fully saturated rings. The Balaban J connectivity index is 1.29. The molecule has 2 aliphatic rings. The molecule has 1 aromatic heterocycles. The van der Waals surface area contributed by atoms with Gasteiger partial charge >= 0.3 is 0 Å². The van der Waals surface area contributed by atoms with Gasteiger partial charge in [-0.05, 0) is 64.7 Å². The number of aromatic nitrogens is 4. The summed E-state index contributed by atoms with van der Waals surface area (Å²) in [5.41, 5.74) is 3.83. The number of hydrogen-bond acceptors (Lipinski definition) is 6. The van der Waals surface area contributed by atoms with Crippen LogP contribution in [0.25, 0.3) is 5.69 Å². The molecule has 3 heterocycles. The van der Waals surface area contributed by atoms with Gasteiger partial charge in [0.15, 0.2) is 5.82 Å². The first-order chi connectivity index (χ1) is 17.7. The lowest BCUT2D eigenvalue weighted by molar-refractivity contribution is 0.0523. The molecule has 4 aromatic rings. The first-order valence-corrected chi connectivity index (χ1v) is 12.3. The number of carbonyl (C=O) groups is 1. The number of carbonyl (C=O) groups excluding carboxylic acids is 1. The van der Waals surface area contributed by atoms with Crippen LogP contribution in [0.3, 0.4) is 0 Å². The van der Waals surface area contributed by atoms with Crippen LogP contribution in [0.1, 0.15) is 46.2 Å². The van der Waals surface area contributed by atoms with E-state index in [1.54, 1.807) is 11.8 Å². The van der Waals surface area contributed by atoms with Crippen molar-refractivity contribution < 1.29 is 9.53 Å². The Kier molecular flexibility index (Phi) is 5.95. The molecule has 182 valence electrons. The number of methoxy groups -OCH3 is 1. The van der Waals surface area contributed by atoms with Gasteiger partial charge in [0.25, 0.3) is 5.91 Å². The van der Waals surface area contributed by atoms with E-state index in [0.29, 0.717) is 5.82 Å². The standard InChI is InChI=1S/C28H28N6O2/c1-36-23-13-11-22(12-14-23)34-27(29-30-31-34)26-24-9-5-6-10-25(24)28(35)33(26)21-15-17-32(18-16-21)19-20-7-3-2-4-8-20/h2-14,21,26H,15-19H2,1H3. The van der Waals surface area contributed by atoms with Gasteiger partial charge in [-0.2, -0.15) is 4.68 Å². The van der Waals surface area contributed by atoms with E-state index in [9.17, 15) is 4.79 Å². The van der Waals surface area contributed by atoms with Crippen molar-refractivity contribution in [2.24, 2.45) is 0 Å². The minimum atomic E-state index is -0.337. The summed E-state index contributed by atoms with van der Waals surface area (Å²) in [5.74, 6) is 1.46. The Morgan fingerprint density at radius 2 is 1.64 bits per heavy atom. The lowest BCUT2D eigenvalue weighted by atomic mass is 9.99. The van der Waals surface area contributed by atoms with Crippen LogP contribution in [-0.4, -0.2) is 62.2 Å². The van der Waals surface area contributed by atoms with Gasteiger partial charge in [-0.3, -0.25) is 9.69 Å². The van der Waals surface area contributed by atoms with Gasteiger partial charge in [0.05, 0.1) is 12.8 Å². The highest BCUT2D eigenvalue weighted by Gasteiger charge is 2.44. The minimum Gasteiger partial charge on any atom is -0.497 e. The molecule has 8 nitrogen and oxygen atoms in total. The summed E-state index contributed by atoms with van der Waals surface area (Å²) in [7, 11) is 1.64. The number of tetrazole rings is 1. The van der Waals surface area contributed by atoms with E-state index >= 15 is 0 Å². The second kappa shape index (κ2) is 9.54. The van der Waals surface area contributed by atoms with E-state index in [-0.39, 0.29) is 18.0 Å². The van der Waals surface area contributed by atoms with Gasteiger partial charge in [-0.1, -0.05) is 48.5 Å². The second-order valence-electron chi connectivity index (χ2n) is 9.34. The number of nitrogens with zero attached hydrogens (tertiary/aromatic N) is 6. The van der Waals surface area contributed by atoms with E-state index < -0.39 is 0 Å². The van der Waals surface area contributed by atoms with Gasteiger partial charge in [-0.25, -0.2) is 0 Å². The summed E-state index contributed by atoms with van der Waals surface area (Å²) in [4.78, 5) is 18.2. The summed E-state index contributed by atoms with van der Waals surface area (Å²) in [5, 5.41) is 12.7. The SMILES string of the molecule is COc1ccc(-n2nnnc2C2c3ccccc3C(=O)N2C2CCN(Cc3ccccc3)CC2)cc1. The first kappa shape index (κ1) is 22.4. The number of benzene rings is 3. The van der Waals surface area contributed by atoms with Crippen molar-refractivity contribution >= 4 is 5.91 Å². The predicted octanol–water partition coefficient (Wildman–Crippen LogP) is 3.88. The van der Waals surface area contributed by atoms with Crippen molar-refractivity contribution in [1.29, 1.82) is 0 Å². The largest absolute Gasteiger partial charge is 0.497 e. The molecule has 1 atom stereocenters. The molecule has 36 heavy (non-hydrogen) atoms. The maximum absolute atomic E-state index is 13.7. The molecule has 1 saturated heterocycles. The quantitative estimate of drug-likeness (QED) is 0.417. The van der Waals surface area contributed by atoms with Crippen LogP contribution < -0.4 is 4.74 Å². The molecule has 2 aliphatic heterocycles. The molecule has 0 radical (unpaired) electrons. The third-order valence-corrected chi connectivity index (χ3v) is 7.25. The summed E-state index contributed by atoms with van der Waals surface area (Å²) in [6.45, 7) is 2.81. The zero-order chi connectivity index (χ0) is 24.5. The van der Waals surface area contributed by atoms with Crippen molar-refractivity contribution in [2.75, 3.05) is 20.2 Å². The number of likely N-dealkylation sites (tertiary alicyclic amines) is 1. The first-order valence-electron chi connectivity index (χ1n) is 12.3. The van der Waals surface area contributed by atoms with Gasteiger partial charge in [0, 0.05) is 31.2 Å². The topological polar surface area (TPSA) is 76.4 Å². The van der Waals surface area contributed by atoms with Crippen molar-refractivity contribution in [2.45, 2.75) is 31.5 Å². The zero-order valence-electron chi connectivity index (χ0n) is 20.2. The van der Waals surface area contributed by atoms with Crippen molar-refractivity contribution in [3.05, 3.63) is 101 Å². The number of hydrogen-bond donors (Lipinski definition) is 0. The zero-order valence-corrected chi connectivity index (χ0v) is 20.2. The summed E-state index contributed by atoms with van der Waals surface area (Å²) in [6, 6.07) is 25.8. The second-order valence-corrected chi connectivity index (χ2v) is 9.34. The normalized spacial score (nSPS) is 18.4. The molecule has 0 saturated carbocycles. The predicted molar refractivity (Wildman–Crippen MR) is 135 cm³/mol. The third kappa shape index (κ3) is 4.03. The maximum atomic E-state index is 13.7. The Labute approximate surface area is 210 Å². The van der Waals surface area contributed by atoms with Gasteiger partial charge < -0.3 is 9.64 Å². The Morgan fingerprint density at radius 3 is 2.39 bits per heavy atom. The summed E-state index contributed by atoms with van der Waals surface area (Å²) < 4.78 is 7.03. The molecular formula is C28H28N6O2. The van der Waals surface area contributed by atoms with E-state index in [1.807, 2.05) is 59.5 Å². The van der Waals surface area contributed by atoms with Gasteiger partial charge in [0.1, 0.15) is 11.8 Å². The third-order valence-electron chi connectivity index (χ3n) is 7.25. The highest BCUT2D eigenvalue weighted by Crippen LogP contribution is 2.41. The number of amides is 1. The molecule has 0 aliphatic carbocycles. The molecule has 0 N–H and O–H groups in total. The Morgan fingerprint density at radius 1 is 0.917 bits per heavy atom. The van der Waals surface area contributed by atoms with Crippen LogP contribution in [0, 0.1) is 0 Å². The molecule has 8 heteroatoms. The molecular weight excluding hydrogens is 452 g/mol. The highest BCUT2D eigenvalue weighted by atomic mass is 16.5. The van der Waals surface area contributed by atoms with E-state index in [1.165, 1.54) is 5.56 Å². The number of ether oxygens (including phenoxy) is 1. The van der Waals surface area contributed by atoms with Gasteiger partial charge in [0.2, 0.25) is 0 Å². The Hall–Kier alpha value is -4.04. The minimum absolute atomic E-state index is 0.0568. The smallest absolute Gasteiger partial charge is 0.255 e. The molecule has 1 unspecified atom stereocenters. The average Bonchev–Trinajstić information content (AvgIpc) is 3.52. The summed E-state index contributed by atoms with van der Waals surface area (Å²) >= 11 is 0. The molecule has 6 rings (SSSR count). The number of piperidine rings is 1. The Bertz CT molecular complexity index is 1350. The van der Waals surface area contributed by atoms with E-state index in [4.69, 9.17) is 4.74 Å². The van der Waals surface area contributed by atoms with Crippen molar-refractivity contribution in [1.82, 2.24) is 30.0 Å². The van der Waals surface area contributed by atoms with Crippen LogP contribution in [0.5, 0.6) is 5.75 Å². The van der Waals surface area contributed by atoms with Crippen LogP contribution in [0.4, 0.5) is 0 Å². The lowest BCUT2D eigenvalue weighted by Gasteiger charge is -2.39. The number of rotatable bonds is 6. The monoisotopic (exact) mass is 480 g/mol. The van der Waals surface area contributed by atoms with Crippen LogP contribution >= 0.6 is 0 Å². The molecule has 0 spiro atoms. The highest BCUT2D eigenvalue weighted by molar-refractivity contribution is 5.99. The lowest BCUT2D eigenvalue weighted by Crippen LogP contribution is -2.46. The molecule has 1 amide bonds. The maximum Gasteiger partial charge on any atom is 0.255 e. The van der Waals surface area contributed by atoms with Gasteiger partial charge in [-0.15, -0.1) is 5.10 Å². The molecule has 0 bridgehead atoms. The van der Waals surface area contributed by atoms with Crippen LogP contribution in [-0.2, 0) is 6.54 Å². The number of fused-ring (bicyclic) bond motifs is 1. The fourth-order valence-corrected chi connectivity index (χ4v) is 5.45. The summed E-state index contributed by atoms with van der Waals surface area (Å²) in [6.07, 6.45) is 1.82. The molecule has 3 aromatic carbocycles. The van der Waals surface area contributed by atoms with Crippen molar-refractivity contribution in [3.63, 3.8) is 0 Å². The van der Waals surface area contributed by atoms with Crippen LogP contribution in [0.15, 0.2) is 78.9 Å². The fraction of sp³-hybridized carbons (Fsp3) is 0.286.